The summed E-state index contributed by atoms with van der Waals surface area (Å²) >= 11 is 0. The van der Waals surface area contributed by atoms with Crippen molar-refractivity contribution in [3.05, 3.63) is 114 Å². The molecule has 0 fully saturated rings. The maximum absolute atomic E-state index is 13.7. The molecule has 0 unspecified atom stereocenters. The molecular formula is C34H34F3N5O6. The Morgan fingerprint density at radius 2 is 1.58 bits per heavy atom. The Balaban J connectivity index is 0.000000804. The molecule has 0 aliphatic carbocycles. The van der Waals surface area contributed by atoms with Gasteiger partial charge in [0.2, 0.25) is 17.7 Å². The zero-order valence-corrected chi connectivity index (χ0v) is 25.9. The van der Waals surface area contributed by atoms with Crippen LogP contribution in [0.25, 0.3) is 0 Å². The lowest BCUT2D eigenvalue weighted by atomic mass is 10.1. The summed E-state index contributed by atoms with van der Waals surface area (Å²) in [7, 11) is 0. The molecule has 0 saturated carbocycles. The number of ether oxygens (including phenoxy) is 1. The van der Waals surface area contributed by atoms with Crippen LogP contribution in [0.15, 0.2) is 97.3 Å². The Hall–Kier alpha value is -5.76. The molecule has 252 valence electrons. The molecule has 1 heterocycles. The van der Waals surface area contributed by atoms with Gasteiger partial charge in [-0.2, -0.15) is 13.2 Å². The summed E-state index contributed by atoms with van der Waals surface area (Å²) in [6.45, 7) is 2.39. The van der Waals surface area contributed by atoms with Crippen molar-refractivity contribution in [1.82, 2.24) is 10.3 Å². The van der Waals surface area contributed by atoms with Crippen LogP contribution >= 0.6 is 0 Å². The van der Waals surface area contributed by atoms with Crippen LogP contribution in [0.1, 0.15) is 36.5 Å². The summed E-state index contributed by atoms with van der Waals surface area (Å²) in [5, 5.41) is 12.7. The van der Waals surface area contributed by atoms with E-state index in [0.29, 0.717) is 36.0 Å². The number of benzene rings is 3. The van der Waals surface area contributed by atoms with E-state index >= 15 is 0 Å². The number of hydrogen-bond donors (Lipinski definition) is 4. The van der Waals surface area contributed by atoms with E-state index in [1.165, 1.54) is 6.92 Å². The summed E-state index contributed by atoms with van der Waals surface area (Å²) in [6, 6.07) is 25.7. The highest BCUT2D eigenvalue weighted by molar-refractivity contribution is 5.96. The number of carbonyl (C=O) groups is 4. The van der Waals surface area contributed by atoms with E-state index in [1.54, 1.807) is 41.6 Å². The number of nitrogens with two attached hydrogens (primary N) is 1. The van der Waals surface area contributed by atoms with Gasteiger partial charge in [0, 0.05) is 50.9 Å². The second-order valence-electron chi connectivity index (χ2n) is 10.2. The van der Waals surface area contributed by atoms with Gasteiger partial charge in [0.05, 0.1) is 12.2 Å². The Labute approximate surface area is 274 Å². The van der Waals surface area contributed by atoms with Gasteiger partial charge in [0.15, 0.2) is 5.75 Å². The molecular weight excluding hydrogens is 631 g/mol. The van der Waals surface area contributed by atoms with Crippen LogP contribution in [0.4, 0.5) is 24.5 Å². The van der Waals surface area contributed by atoms with Gasteiger partial charge < -0.3 is 31.1 Å². The number of rotatable bonds is 12. The Kier molecular flexibility index (Phi) is 13.6. The molecule has 3 amide bonds. The first kappa shape index (κ1) is 36.7. The van der Waals surface area contributed by atoms with Crippen molar-refractivity contribution >= 4 is 35.1 Å². The third-order valence-electron chi connectivity index (χ3n) is 6.45. The number of para-hydroxylation sites is 2. The molecule has 0 atom stereocenters. The van der Waals surface area contributed by atoms with E-state index < -0.39 is 12.1 Å². The average Bonchev–Trinajstić information content (AvgIpc) is 3.06. The average molecular weight is 666 g/mol. The second-order valence-corrected chi connectivity index (χ2v) is 10.2. The van der Waals surface area contributed by atoms with Crippen LogP contribution < -0.4 is 26.0 Å². The number of anilines is 2. The molecule has 0 aliphatic rings. The number of pyridine rings is 1. The number of aliphatic carboxylic acids is 1. The van der Waals surface area contributed by atoms with E-state index in [9.17, 15) is 27.6 Å². The number of hydrogen-bond acceptors (Lipinski definition) is 7. The van der Waals surface area contributed by atoms with Crippen molar-refractivity contribution in [2.24, 2.45) is 5.73 Å². The van der Waals surface area contributed by atoms with E-state index in [4.69, 9.17) is 20.4 Å². The van der Waals surface area contributed by atoms with Crippen LogP contribution in [-0.2, 0) is 38.8 Å². The molecule has 0 radical (unpaired) electrons. The van der Waals surface area contributed by atoms with Crippen LogP contribution in [0.5, 0.6) is 11.5 Å². The third-order valence-corrected chi connectivity index (χ3v) is 6.45. The first-order valence-corrected chi connectivity index (χ1v) is 14.5. The number of carboxylic acids is 1. The minimum Gasteiger partial charge on any atom is -0.475 e. The van der Waals surface area contributed by atoms with Gasteiger partial charge in [-0.3, -0.25) is 19.4 Å². The molecule has 11 nitrogen and oxygen atoms in total. The van der Waals surface area contributed by atoms with Gasteiger partial charge in [-0.1, -0.05) is 42.5 Å². The molecule has 4 rings (SSSR count). The number of carbonyl (C=O) groups excluding carboxylic acids is 3. The fraction of sp³-hybridized carbons (Fsp3) is 0.206. The summed E-state index contributed by atoms with van der Waals surface area (Å²) in [6.07, 6.45) is -1.70. The van der Waals surface area contributed by atoms with Crippen molar-refractivity contribution in [3.8, 4) is 11.5 Å². The fourth-order valence-corrected chi connectivity index (χ4v) is 4.16. The lowest BCUT2D eigenvalue weighted by molar-refractivity contribution is -0.192. The van der Waals surface area contributed by atoms with E-state index in [1.807, 2.05) is 60.7 Å². The quantitative estimate of drug-likeness (QED) is 0.153. The Morgan fingerprint density at radius 3 is 2.21 bits per heavy atom. The predicted octanol–water partition coefficient (Wildman–Crippen LogP) is 5.55. The largest absolute Gasteiger partial charge is 0.490 e. The molecule has 0 saturated heterocycles. The maximum Gasteiger partial charge on any atom is 0.490 e. The van der Waals surface area contributed by atoms with Gasteiger partial charge in [-0.25, -0.2) is 4.79 Å². The highest BCUT2D eigenvalue weighted by atomic mass is 19.4. The smallest absolute Gasteiger partial charge is 0.475 e. The predicted molar refractivity (Wildman–Crippen MR) is 172 cm³/mol. The highest BCUT2D eigenvalue weighted by Crippen LogP contribution is 2.34. The molecule has 4 aromatic rings. The zero-order valence-electron chi connectivity index (χ0n) is 25.9. The van der Waals surface area contributed by atoms with Crippen molar-refractivity contribution in [2.75, 3.05) is 10.2 Å². The molecule has 0 aliphatic heterocycles. The lowest BCUT2D eigenvalue weighted by Gasteiger charge is -2.25. The number of halogens is 3. The number of aromatic nitrogens is 1. The Morgan fingerprint density at radius 1 is 0.896 bits per heavy atom. The number of amides is 3. The van der Waals surface area contributed by atoms with E-state index in [0.717, 1.165) is 16.7 Å². The first-order chi connectivity index (χ1) is 22.8. The van der Waals surface area contributed by atoms with Crippen LogP contribution in [0, 0.1) is 0 Å². The fourth-order valence-electron chi connectivity index (χ4n) is 4.16. The first-order valence-electron chi connectivity index (χ1n) is 14.5. The third kappa shape index (κ3) is 12.2. The van der Waals surface area contributed by atoms with E-state index in [-0.39, 0.29) is 37.1 Å². The monoisotopic (exact) mass is 665 g/mol. The molecule has 0 spiro atoms. The van der Waals surface area contributed by atoms with E-state index in [2.05, 4.69) is 15.6 Å². The van der Waals surface area contributed by atoms with Crippen molar-refractivity contribution < 1.29 is 42.2 Å². The SMILES string of the molecule is CC(=O)Nc1ccc(CN(C(=O)CCC(=O)NCc2cccnc2)c2ccccc2Oc2cccc(CN)c2)cc1.O=C(O)C(F)(F)F. The van der Waals surface area contributed by atoms with Crippen LogP contribution in [-0.4, -0.2) is 40.0 Å². The normalized spacial score (nSPS) is 10.6. The van der Waals surface area contributed by atoms with Crippen molar-refractivity contribution in [2.45, 2.75) is 45.6 Å². The van der Waals surface area contributed by atoms with Gasteiger partial charge in [-0.05, 0) is 59.2 Å². The zero-order chi connectivity index (χ0) is 35.1. The molecule has 0 bridgehead atoms. The minimum atomic E-state index is -5.08. The van der Waals surface area contributed by atoms with Crippen LogP contribution in [0.3, 0.4) is 0 Å². The number of alkyl halides is 3. The minimum absolute atomic E-state index is 0.000157. The topological polar surface area (TPSA) is 164 Å². The van der Waals surface area contributed by atoms with Gasteiger partial charge >= 0.3 is 12.1 Å². The number of nitrogens with zero attached hydrogens (tertiary/aromatic N) is 2. The molecule has 3 aromatic carbocycles. The molecule has 48 heavy (non-hydrogen) atoms. The second kappa shape index (κ2) is 17.8. The van der Waals surface area contributed by atoms with Gasteiger partial charge in [0.25, 0.3) is 0 Å². The Bertz CT molecular complexity index is 1680. The maximum atomic E-state index is 13.7. The summed E-state index contributed by atoms with van der Waals surface area (Å²) < 4.78 is 38.0. The highest BCUT2D eigenvalue weighted by Gasteiger charge is 2.38. The van der Waals surface area contributed by atoms with Crippen molar-refractivity contribution in [3.63, 3.8) is 0 Å². The summed E-state index contributed by atoms with van der Waals surface area (Å²) in [5.74, 6) is -2.30. The molecule has 5 N–H and O–H groups in total. The van der Waals surface area contributed by atoms with Crippen molar-refractivity contribution in [1.29, 1.82) is 0 Å². The van der Waals surface area contributed by atoms with Gasteiger partial charge in [0.1, 0.15) is 5.75 Å². The standard InChI is InChI=1S/C32H33N5O4.C2HF3O2/c1-23(38)36-27-13-11-24(12-14-27)22-37(32(40)16-15-31(39)35-21-26-7-5-17-34-20-26)29-9-2-3-10-30(29)41-28-8-4-6-25(18-28)19-33;3-2(4,5)1(6)7/h2-14,17-18,20H,15-16,19,21-22,33H2,1H3,(H,35,39)(H,36,38);(H,6,7). The molecule has 1 aromatic heterocycles. The van der Waals surface area contributed by atoms with Gasteiger partial charge in [-0.15, -0.1) is 0 Å². The van der Waals surface area contributed by atoms with Crippen LogP contribution in [0.2, 0.25) is 0 Å². The number of nitrogens with one attached hydrogen (secondary N) is 2. The summed E-state index contributed by atoms with van der Waals surface area (Å²) in [4.78, 5) is 52.2. The molecule has 14 heteroatoms. The summed E-state index contributed by atoms with van der Waals surface area (Å²) in [5.41, 5.74) is 9.66. The number of carboxylic acid groups (broad SMARTS) is 1. The lowest BCUT2D eigenvalue weighted by Crippen LogP contribution is -2.32.